The monoisotopic (exact) mass is 733 g/mol. The zero-order chi connectivity index (χ0) is 40.9. The largest absolute Gasteiger partial charge is 0.346 e. The molecular formula is C44H80N2O6. The molecule has 0 aliphatic carbocycles. The minimum Gasteiger partial charge on any atom is -0.346 e. The third-order valence-corrected chi connectivity index (χ3v) is 14.4. The van der Waals surface area contributed by atoms with Gasteiger partial charge in [0.25, 0.3) is 0 Å². The molecule has 0 heterocycles. The average molecular weight is 733 g/mol. The summed E-state index contributed by atoms with van der Waals surface area (Å²) in [6, 6.07) is -2.00. The number of carbonyl (C=O) groups excluding carboxylic acids is 6. The Morgan fingerprint density at radius 1 is 0.462 bits per heavy atom. The number of Topliss-reactive ketones (excluding diaryl/α,β-unsaturated/α-hetero) is 5. The molecule has 4 atom stereocenters. The molecule has 0 aromatic rings. The Labute approximate surface area is 319 Å². The van der Waals surface area contributed by atoms with E-state index in [1.165, 1.54) is 0 Å². The highest BCUT2D eigenvalue weighted by atomic mass is 16.2. The highest BCUT2D eigenvalue weighted by molar-refractivity contribution is 6.01. The zero-order valence-electron chi connectivity index (χ0n) is 36.5. The fourth-order valence-corrected chi connectivity index (χ4v) is 6.99. The summed E-state index contributed by atoms with van der Waals surface area (Å²) in [6.07, 6.45) is 5.76. The highest BCUT2D eigenvalue weighted by Crippen LogP contribution is 2.38. The lowest BCUT2D eigenvalue weighted by Gasteiger charge is -2.38. The number of ketones is 5. The number of rotatable bonds is 28. The number of amides is 1. The topological polar surface area (TPSA) is 126 Å². The molecule has 1 amide bonds. The van der Waals surface area contributed by atoms with Gasteiger partial charge in [0, 0.05) is 58.3 Å². The number of hydrogen-bond donors (Lipinski definition) is 2. The van der Waals surface area contributed by atoms with E-state index in [9.17, 15) is 28.8 Å². The molecule has 0 aromatic carbocycles. The summed E-state index contributed by atoms with van der Waals surface area (Å²) < 4.78 is 0. The molecule has 8 nitrogen and oxygen atoms in total. The predicted octanol–water partition coefficient (Wildman–Crippen LogP) is 9.58. The molecule has 8 heteroatoms. The van der Waals surface area contributed by atoms with Crippen molar-refractivity contribution < 1.29 is 28.8 Å². The van der Waals surface area contributed by atoms with Gasteiger partial charge in [-0.3, -0.25) is 28.8 Å². The summed E-state index contributed by atoms with van der Waals surface area (Å²) >= 11 is 0. The van der Waals surface area contributed by atoms with E-state index in [1.54, 1.807) is 6.92 Å². The van der Waals surface area contributed by atoms with E-state index in [1.807, 2.05) is 104 Å². The normalized spacial score (nSPS) is 15.4. The second-order valence-corrected chi connectivity index (χ2v) is 17.1. The van der Waals surface area contributed by atoms with Crippen LogP contribution in [0.25, 0.3) is 0 Å². The lowest BCUT2D eigenvalue weighted by molar-refractivity contribution is -0.143. The van der Waals surface area contributed by atoms with Crippen molar-refractivity contribution in [1.29, 1.82) is 0 Å². The number of carbonyl (C=O) groups is 6. The first-order valence-electron chi connectivity index (χ1n) is 20.8. The molecule has 0 aliphatic rings. The molecular weight excluding hydrogens is 652 g/mol. The SMILES string of the molecule is CCC(C)(CC)NC(CC(=O)NC(CC(=O)C(C)(CC)CC)C(=O)C(C)(CC)CC)C(=O)C(C)C(CC(=O)C(C)(CC)CC)C(=O)C(C)(CC)CC. The van der Waals surface area contributed by atoms with Gasteiger partial charge in [-0.15, -0.1) is 0 Å². The van der Waals surface area contributed by atoms with Gasteiger partial charge in [-0.05, 0) is 71.1 Å². The first-order valence-corrected chi connectivity index (χ1v) is 20.8. The average Bonchev–Trinajstić information content (AvgIpc) is 3.16. The lowest BCUT2D eigenvalue weighted by atomic mass is 9.67. The molecule has 0 bridgehead atoms. The molecule has 0 aliphatic heterocycles. The zero-order valence-corrected chi connectivity index (χ0v) is 36.5. The smallest absolute Gasteiger partial charge is 0.222 e. The molecule has 2 N–H and O–H groups in total. The van der Waals surface area contributed by atoms with Crippen LogP contribution < -0.4 is 10.6 Å². The van der Waals surface area contributed by atoms with Crippen LogP contribution in [0.5, 0.6) is 0 Å². The van der Waals surface area contributed by atoms with Gasteiger partial charge in [0.15, 0.2) is 11.6 Å². The predicted molar refractivity (Wildman–Crippen MR) is 214 cm³/mol. The van der Waals surface area contributed by atoms with Crippen LogP contribution in [0.4, 0.5) is 0 Å². The van der Waals surface area contributed by atoms with Crippen LogP contribution in [0.2, 0.25) is 0 Å². The van der Waals surface area contributed by atoms with E-state index in [0.717, 1.165) is 0 Å². The highest BCUT2D eigenvalue weighted by Gasteiger charge is 2.45. The third-order valence-electron chi connectivity index (χ3n) is 14.4. The maximum absolute atomic E-state index is 14.7. The van der Waals surface area contributed by atoms with E-state index in [-0.39, 0.29) is 48.2 Å². The summed E-state index contributed by atoms with van der Waals surface area (Å²) in [4.78, 5) is 84.8. The van der Waals surface area contributed by atoms with Crippen LogP contribution in [0.3, 0.4) is 0 Å². The van der Waals surface area contributed by atoms with Gasteiger partial charge >= 0.3 is 0 Å². The minimum atomic E-state index is -1.03. The fourth-order valence-electron chi connectivity index (χ4n) is 6.99. The maximum Gasteiger partial charge on any atom is 0.222 e. The van der Waals surface area contributed by atoms with Crippen molar-refractivity contribution in [2.45, 2.75) is 212 Å². The summed E-state index contributed by atoms with van der Waals surface area (Å²) in [5.41, 5.74) is -3.14. The summed E-state index contributed by atoms with van der Waals surface area (Å²) in [5, 5.41) is 6.42. The fraction of sp³-hybridized carbons (Fsp3) is 0.864. The Bertz CT molecular complexity index is 1200. The van der Waals surface area contributed by atoms with Gasteiger partial charge in [0.1, 0.15) is 17.3 Å². The minimum absolute atomic E-state index is 0.0219. The maximum atomic E-state index is 14.7. The van der Waals surface area contributed by atoms with Crippen LogP contribution >= 0.6 is 0 Å². The first-order chi connectivity index (χ1) is 24.0. The van der Waals surface area contributed by atoms with Crippen molar-refractivity contribution in [3.63, 3.8) is 0 Å². The Morgan fingerprint density at radius 2 is 0.827 bits per heavy atom. The molecule has 0 radical (unpaired) electrons. The van der Waals surface area contributed by atoms with E-state index >= 15 is 0 Å². The van der Waals surface area contributed by atoms with Crippen LogP contribution in [-0.4, -0.2) is 52.4 Å². The molecule has 0 aromatic heterocycles. The third kappa shape index (κ3) is 12.1. The van der Waals surface area contributed by atoms with Gasteiger partial charge in [0.2, 0.25) is 5.91 Å². The molecule has 52 heavy (non-hydrogen) atoms. The lowest BCUT2D eigenvalue weighted by Crippen LogP contribution is -2.56. The molecule has 302 valence electrons. The summed E-state index contributed by atoms with van der Waals surface area (Å²) in [7, 11) is 0. The van der Waals surface area contributed by atoms with E-state index in [0.29, 0.717) is 64.2 Å². The second kappa shape index (κ2) is 21.0. The summed E-state index contributed by atoms with van der Waals surface area (Å²) in [5.74, 6) is -2.84. The van der Waals surface area contributed by atoms with Crippen molar-refractivity contribution in [2.24, 2.45) is 33.5 Å². The number of nitrogens with one attached hydrogen (secondary N) is 2. The van der Waals surface area contributed by atoms with Gasteiger partial charge in [-0.2, -0.15) is 0 Å². The first kappa shape index (κ1) is 49.8. The molecule has 0 saturated heterocycles. The van der Waals surface area contributed by atoms with Crippen molar-refractivity contribution in [2.75, 3.05) is 0 Å². The molecule has 0 saturated carbocycles. The van der Waals surface area contributed by atoms with Crippen LogP contribution in [0, 0.1) is 33.5 Å². The van der Waals surface area contributed by atoms with Crippen molar-refractivity contribution in [3.05, 3.63) is 0 Å². The Balaban J connectivity index is 7.08. The van der Waals surface area contributed by atoms with Crippen molar-refractivity contribution in [3.8, 4) is 0 Å². The van der Waals surface area contributed by atoms with E-state index in [4.69, 9.17) is 0 Å². The molecule has 4 unspecified atom stereocenters. The summed E-state index contributed by atoms with van der Waals surface area (Å²) in [6.45, 7) is 31.1. The van der Waals surface area contributed by atoms with E-state index < -0.39 is 57.0 Å². The van der Waals surface area contributed by atoms with Crippen LogP contribution in [0.1, 0.15) is 194 Å². The molecule has 0 fully saturated rings. The standard InChI is InChI=1S/C44H80N2O6/c1-17-40(12,18-2)34(47)27-31(38(51)42(14,21-5)22-6)30(11)37(50)32(46-44(16,25-9)26-10)29-36(49)45-33(39(52)43(15,23-7)24-8)28-35(48)41(13,19-3)20-4/h30-33,46H,17-29H2,1-16H3,(H,45,49). The Kier molecular flexibility index (Phi) is 20.1. The quantitative estimate of drug-likeness (QED) is 0.0820. The van der Waals surface area contributed by atoms with Gasteiger partial charge in [-0.25, -0.2) is 0 Å². The van der Waals surface area contributed by atoms with Gasteiger partial charge in [0.05, 0.1) is 12.1 Å². The van der Waals surface area contributed by atoms with Gasteiger partial charge in [-0.1, -0.05) is 104 Å². The molecule has 0 rings (SSSR count). The van der Waals surface area contributed by atoms with Crippen LogP contribution in [0.15, 0.2) is 0 Å². The van der Waals surface area contributed by atoms with E-state index in [2.05, 4.69) is 10.6 Å². The van der Waals surface area contributed by atoms with Gasteiger partial charge < -0.3 is 10.6 Å². The Hall–Kier alpha value is -2.22. The van der Waals surface area contributed by atoms with Crippen LogP contribution in [-0.2, 0) is 28.8 Å². The molecule has 0 spiro atoms. The van der Waals surface area contributed by atoms with Crippen molar-refractivity contribution in [1.82, 2.24) is 10.6 Å². The van der Waals surface area contributed by atoms with Crippen molar-refractivity contribution >= 4 is 34.8 Å². The number of hydrogen-bond acceptors (Lipinski definition) is 7. The Morgan fingerprint density at radius 3 is 1.19 bits per heavy atom. The second-order valence-electron chi connectivity index (χ2n) is 17.1.